The van der Waals surface area contributed by atoms with E-state index in [1.807, 2.05) is 50.4 Å². The lowest BCUT2D eigenvalue weighted by atomic mass is 10.0. The molecule has 0 bridgehead atoms. The highest BCUT2D eigenvalue weighted by atomic mass is 32.2. The van der Waals surface area contributed by atoms with Crippen LogP contribution in [0.1, 0.15) is 25.8 Å². The van der Waals surface area contributed by atoms with Crippen LogP contribution in [0.3, 0.4) is 0 Å². The number of sulfonamides is 1. The molecular formula is C18H24N4O3S. The van der Waals surface area contributed by atoms with Crippen molar-refractivity contribution in [3.05, 3.63) is 48.3 Å². The Labute approximate surface area is 154 Å². The molecule has 0 saturated carbocycles. The summed E-state index contributed by atoms with van der Waals surface area (Å²) in [5.74, 6) is -0.218. The zero-order valence-corrected chi connectivity index (χ0v) is 15.8. The largest absolute Gasteiger partial charge is 0.351 e. The van der Waals surface area contributed by atoms with Crippen LogP contribution in [-0.4, -0.2) is 46.8 Å². The smallest absolute Gasteiger partial charge is 0.238 e. The second kappa shape index (κ2) is 7.59. The van der Waals surface area contributed by atoms with Gasteiger partial charge in [-0.15, -0.1) is 0 Å². The molecular weight excluding hydrogens is 352 g/mol. The molecule has 7 nitrogen and oxygen atoms in total. The number of nitrogens with zero attached hydrogens (tertiary/aromatic N) is 3. The van der Waals surface area contributed by atoms with Crippen LogP contribution >= 0.6 is 0 Å². The normalized spacial score (nSPS) is 18.1. The van der Waals surface area contributed by atoms with Crippen molar-refractivity contribution in [1.29, 1.82) is 0 Å². The third kappa shape index (κ3) is 3.96. The topological polar surface area (TPSA) is 84.3 Å². The first-order valence-corrected chi connectivity index (χ1v) is 10.4. The van der Waals surface area contributed by atoms with Crippen LogP contribution < -0.4 is 5.32 Å². The highest BCUT2D eigenvalue weighted by molar-refractivity contribution is 7.89. The minimum absolute atomic E-state index is 0.0925. The second-order valence-electron chi connectivity index (χ2n) is 6.80. The van der Waals surface area contributed by atoms with E-state index in [1.54, 1.807) is 10.9 Å². The van der Waals surface area contributed by atoms with E-state index in [-0.39, 0.29) is 17.6 Å². The minimum atomic E-state index is -3.33. The van der Waals surface area contributed by atoms with Gasteiger partial charge in [-0.3, -0.25) is 4.79 Å². The predicted octanol–water partition coefficient (Wildman–Crippen LogP) is 1.55. The standard InChI is InChI=1S/C18H24N4O3S/c1-14(2)17(22-11-4-12-26(22,24)25)18(23)19-13-15-5-7-16(8-6-15)21-10-3-9-20-21/h3,5-10,14,17H,4,11-13H2,1-2H3,(H,19,23)/t17-/m0/s1. The Balaban J connectivity index is 1.65. The van der Waals surface area contributed by atoms with Gasteiger partial charge in [0, 0.05) is 25.5 Å². The van der Waals surface area contributed by atoms with Gasteiger partial charge < -0.3 is 5.32 Å². The van der Waals surface area contributed by atoms with Crippen LogP contribution in [0.25, 0.3) is 5.69 Å². The van der Waals surface area contributed by atoms with E-state index in [0.717, 1.165) is 11.3 Å². The molecule has 1 aromatic carbocycles. The summed E-state index contributed by atoms with van der Waals surface area (Å²) in [6.45, 7) is 4.51. The third-order valence-corrected chi connectivity index (χ3v) is 6.45. The Kier molecular flexibility index (Phi) is 5.43. The monoisotopic (exact) mass is 376 g/mol. The number of rotatable bonds is 6. The fourth-order valence-electron chi connectivity index (χ4n) is 3.22. The summed E-state index contributed by atoms with van der Waals surface area (Å²) in [5.41, 5.74) is 1.88. The predicted molar refractivity (Wildman–Crippen MR) is 99.1 cm³/mol. The molecule has 1 atom stereocenters. The fraction of sp³-hybridized carbons (Fsp3) is 0.444. The number of hydrogen-bond donors (Lipinski definition) is 1. The molecule has 0 unspecified atom stereocenters. The van der Waals surface area contributed by atoms with E-state index in [1.165, 1.54) is 4.31 Å². The first-order valence-electron chi connectivity index (χ1n) is 8.74. The Morgan fingerprint density at radius 2 is 2.00 bits per heavy atom. The third-order valence-electron chi connectivity index (χ3n) is 4.52. The summed E-state index contributed by atoms with van der Waals surface area (Å²) in [7, 11) is -3.33. The van der Waals surface area contributed by atoms with Gasteiger partial charge in [-0.1, -0.05) is 26.0 Å². The van der Waals surface area contributed by atoms with Gasteiger partial charge >= 0.3 is 0 Å². The molecule has 1 aromatic heterocycles. The second-order valence-corrected chi connectivity index (χ2v) is 8.85. The highest BCUT2D eigenvalue weighted by Crippen LogP contribution is 2.22. The number of carbonyl (C=O) groups excluding carboxylic acids is 1. The van der Waals surface area contributed by atoms with Crippen LogP contribution in [0, 0.1) is 5.92 Å². The lowest BCUT2D eigenvalue weighted by Gasteiger charge is -2.28. The van der Waals surface area contributed by atoms with Crippen molar-refractivity contribution in [1.82, 2.24) is 19.4 Å². The molecule has 3 rings (SSSR count). The fourth-order valence-corrected chi connectivity index (χ4v) is 5.04. The molecule has 0 aliphatic carbocycles. The van der Waals surface area contributed by atoms with Crippen molar-refractivity contribution in [2.45, 2.75) is 32.9 Å². The number of amides is 1. The maximum atomic E-state index is 12.7. The molecule has 140 valence electrons. The van der Waals surface area contributed by atoms with Crippen LogP contribution in [0.5, 0.6) is 0 Å². The van der Waals surface area contributed by atoms with Gasteiger partial charge in [0.1, 0.15) is 6.04 Å². The lowest BCUT2D eigenvalue weighted by molar-refractivity contribution is -0.126. The first-order chi connectivity index (χ1) is 12.4. The average Bonchev–Trinajstić information content (AvgIpc) is 3.24. The summed E-state index contributed by atoms with van der Waals surface area (Å²) in [5, 5.41) is 7.06. The minimum Gasteiger partial charge on any atom is -0.351 e. The molecule has 1 saturated heterocycles. The molecule has 1 aliphatic rings. The number of nitrogens with one attached hydrogen (secondary N) is 1. The van der Waals surface area contributed by atoms with E-state index in [9.17, 15) is 13.2 Å². The lowest BCUT2D eigenvalue weighted by Crippen LogP contribution is -2.50. The van der Waals surface area contributed by atoms with Crippen LogP contribution in [0.4, 0.5) is 0 Å². The maximum Gasteiger partial charge on any atom is 0.238 e. The molecule has 1 fully saturated rings. The molecule has 1 amide bonds. The van der Waals surface area contributed by atoms with Crippen LogP contribution in [0.2, 0.25) is 0 Å². The van der Waals surface area contributed by atoms with E-state index < -0.39 is 16.1 Å². The summed E-state index contributed by atoms with van der Waals surface area (Å²) in [4.78, 5) is 12.7. The SMILES string of the molecule is CC(C)[C@@H](C(=O)NCc1ccc(-n2cccn2)cc1)N1CCCS1(=O)=O. The van der Waals surface area contributed by atoms with Gasteiger partial charge in [0.25, 0.3) is 0 Å². The van der Waals surface area contributed by atoms with Crippen molar-refractivity contribution in [3.8, 4) is 5.69 Å². The molecule has 26 heavy (non-hydrogen) atoms. The molecule has 1 aliphatic heterocycles. The van der Waals surface area contributed by atoms with Gasteiger partial charge in [-0.25, -0.2) is 13.1 Å². The molecule has 0 radical (unpaired) electrons. The van der Waals surface area contributed by atoms with E-state index in [2.05, 4.69) is 10.4 Å². The van der Waals surface area contributed by atoms with Crippen LogP contribution in [0.15, 0.2) is 42.7 Å². The Morgan fingerprint density at radius 3 is 2.54 bits per heavy atom. The van der Waals surface area contributed by atoms with Crippen molar-refractivity contribution >= 4 is 15.9 Å². The van der Waals surface area contributed by atoms with Gasteiger partial charge in [0.15, 0.2) is 0 Å². The number of carbonyl (C=O) groups is 1. The average molecular weight is 376 g/mol. The Morgan fingerprint density at radius 1 is 1.27 bits per heavy atom. The van der Waals surface area contributed by atoms with E-state index in [0.29, 0.717) is 19.5 Å². The van der Waals surface area contributed by atoms with Gasteiger partial charge in [0.2, 0.25) is 15.9 Å². The van der Waals surface area contributed by atoms with E-state index in [4.69, 9.17) is 0 Å². The van der Waals surface area contributed by atoms with Gasteiger partial charge in [-0.2, -0.15) is 9.40 Å². The summed E-state index contributed by atoms with van der Waals surface area (Å²) < 4.78 is 27.5. The van der Waals surface area contributed by atoms with Gasteiger partial charge in [-0.05, 0) is 36.1 Å². The molecule has 2 aromatic rings. The van der Waals surface area contributed by atoms with Crippen molar-refractivity contribution in [2.24, 2.45) is 5.92 Å². The van der Waals surface area contributed by atoms with Crippen molar-refractivity contribution in [3.63, 3.8) is 0 Å². The summed E-state index contributed by atoms with van der Waals surface area (Å²) in [6, 6.07) is 8.90. The zero-order chi connectivity index (χ0) is 18.7. The first kappa shape index (κ1) is 18.6. The Bertz CT molecular complexity index is 845. The molecule has 2 heterocycles. The summed E-state index contributed by atoms with van der Waals surface area (Å²) in [6.07, 6.45) is 4.15. The van der Waals surface area contributed by atoms with E-state index >= 15 is 0 Å². The van der Waals surface area contributed by atoms with Crippen molar-refractivity contribution in [2.75, 3.05) is 12.3 Å². The molecule has 8 heteroatoms. The number of benzene rings is 1. The quantitative estimate of drug-likeness (QED) is 0.829. The molecule has 1 N–H and O–H groups in total. The van der Waals surface area contributed by atoms with Gasteiger partial charge in [0.05, 0.1) is 11.4 Å². The Hall–Kier alpha value is -2.19. The summed E-state index contributed by atoms with van der Waals surface area (Å²) >= 11 is 0. The van der Waals surface area contributed by atoms with Crippen LogP contribution in [-0.2, 0) is 21.4 Å². The highest BCUT2D eigenvalue weighted by Gasteiger charge is 2.39. The number of hydrogen-bond acceptors (Lipinski definition) is 4. The van der Waals surface area contributed by atoms with Crippen molar-refractivity contribution < 1.29 is 13.2 Å². The maximum absolute atomic E-state index is 12.7. The molecule has 0 spiro atoms. The zero-order valence-electron chi connectivity index (χ0n) is 15.0. The number of aromatic nitrogens is 2.